The summed E-state index contributed by atoms with van der Waals surface area (Å²) in [5, 5.41) is 13.5. The summed E-state index contributed by atoms with van der Waals surface area (Å²) in [7, 11) is 0. The molecule has 0 heterocycles. The van der Waals surface area contributed by atoms with Crippen LogP contribution in [0.15, 0.2) is 53.4 Å². The molecule has 0 aliphatic carbocycles. The van der Waals surface area contributed by atoms with Crippen molar-refractivity contribution in [2.45, 2.75) is 18.2 Å². The maximum absolute atomic E-state index is 11.9. The predicted octanol–water partition coefficient (Wildman–Crippen LogP) is 4.11. The molecule has 0 atom stereocenters. The highest BCUT2D eigenvalue weighted by molar-refractivity contribution is 7.99. The van der Waals surface area contributed by atoms with Crippen molar-refractivity contribution in [1.82, 2.24) is 0 Å². The van der Waals surface area contributed by atoms with Gasteiger partial charge in [0.05, 0.1) is 11.5 Å². The molecule has 2 aromatic carbocycles. The van der Waals surface area contributed by atoms with E-state index >= 15 is 0 Å². The number of carbonyl (C=O) groups excluding carboxylic acids is 1. The van der Waals surface area contributed by atoms with Crippen molar-refractivity contribution in [3.05, 3.63) is 58.6 Å². The fraction of sp³-hybridized carbons (Fsp3) is 0.235. The van der Waals surface area contributed by atoms with Crippen molar-refractivity contribution in [2.75, 3.05) is 17.7 Å². The number of thioether (sulfide) groups is 1. The summed E-state index contributed by atoms with van der Waals surface area (Å²) in [5.41, 5.74) is 0.114. The Balaban J connectivity index is 1.82. The average molecular weight is 346 g/mol. The summed E-state index contributed by atoms with van der Waals surface area (Å²) in [6.07, 6.45) is 0.268. The second-order valence-electron chi connectivity index (χ2n) is 4.83. The Morgan fingerprint density at radius 3 is 2.58 bits per heavy atom. The molecule has 126 valence electrons. The van der Waals surface area contributed by atoms with E-state index in [1.165, 1.54) is 12.1 Å². The lowest BCUT2D eigenvalue weighted by molar-refractivity contribution is -0.383. The van der Waals surface area contributed by atoms with E-state index in [9.17, 15) is 14.9 Å². The number of benzene rings is 2. The van der Waals surface area contributed by atoms with Crippen LogP contribution in [0.1, 0.15) is 13.3 Å². The molecule has 0 bridgehead atoms. The number of nitrogens with zero attached hydrogens (tertiary/aromatic N) is 1. The van der Waals surface area contributed by atoms with Crippen molar-refractivity contribution in [3.63, 3.8) is 0 Å². The van der Waals surface area contributed by atoms with Gasteiger partial charge in [-0.25, -0.2) is 0 Å². The van der Waals surface area contributed by atoms with Gasteiger partial charge in [0.25, 0.3) is 5.69 Å². The second kappa shape index (κ2) is 8.93. The minimum Gasteiger partial charge on any atom is -0.494 e. The van der Waals surface area contributed by atoms with Crippen molar-refractivity contribution in [3.8, 4) is 5.75 Å². The van der Waals surface area contributed by atoms with Gasteiger partial charge >= 0.3 is 0 Å². The Bertz CT molecular complexity index is 704. The van der Waals surface area contributed by atoms with Gasteiger partial charge in [0.15, 0.2) is 0 Å². The largest absolute Gasteiger partial charge is 0.494 e. The first-order valence-electron chi connectivity index (χ1n) is 7.49. The zero-order valence-corrected chi connectivity index (χ0v) is 14.0. The van der Waals surface area contributed by atoms with Gasteiger partial charge in [-0.3, -0.25) is 14.9 Å². The first kappa shape index (κ1) is 17.8. The lowest BCUT2D eigenvalue weighted by atomic mass is 10.2. The van der Waals surface area contributed by atoms with Crippen LogP contribution in [0.3, 0.4) is 0 Å². The summed E-state index contributed by atoms with van der Waals surface area (Å²) >= 11 is 1.55. The Morgan fingerprint density at radius 2 is 1.92 bits per heavy atom. The topological polar surface area (TPSA) is 81.5 Å². The third kappa shape index (κ3) is 5.27. The molecule has 0 aliphatic heterocycles. The number of anilines is 1. The Morgan fingerprint density at radius 1 is 1.21 bits per heavy atom. The summed E-state index contributed by atoms with van der Waals surface area (Å²) in [5.74, 6) is 1.15. The quantitative estimate of drug-likeness (QED) is 0.442. The van der Waals surface area contributed by atoms with Gasteiger partial charge in [0, 0.05) is 23.1 Å². The maximum atomic E-state index is 11.9. The van der Waals surface area contributed by atoms with Crippen LogP contribution in [-0.2, 0) is 4.79 Å². The molecule has 2 rings (SSSR count). The molecule has 0 saturated heterocycles. The number of hydrogen-bond acceptors (Lipinski definition) is 5. The fourth-order valence-corrected chi connectivity index (χ4v) is 2.86. The summed E-state index contributed by atoms with van der Waals surface area (Å²) in [6, 6.07) is 13.8. The molecule has 24 heavy (non-hydrogen) atoms. The highest BCUT2D eigenvalue weighted by atomic mass is 32.2. The third-order valence-electron chi connectivity index (χ3n) is 3.11. The van der Waals surface area contributed by atoms with E-state index in [0.717, 1.165) is 10.6 Å². The van der Waals surface area contributed by atoms with Gasteiger partial charge in [-0.1, -0.05) is 12.1 Å². The van der Waals surface area contributed by atoms with Crippen LogP contribution < -0.4 is 10.1 Å². The van der Waals surface area contributed by atoms with E-state index in [1.54, 1.807) is 23.9 Å². The van der Waals surface area contributed by atoms with E-state index in [2.05, 4.69) is 5.32 Å². The van der Waals surface area contributed by atoms with Crippen molar-refractivity contribution in [1.29, 1.82) is 0 Å². The smallest absolute Gasteiger partial charge is 0.292 e. The zero-order valence-electron chi connectivity index (χ0n) is 13.2. The van der Waals surface area contributed by atoms with E-state index in [1.807, 2.05) is 31.2 Å². The molecule has 0 spiro atoms. The van der Waals surface area contributed by atoms with Gasteiger partial charge < -0.3 is 10.1 Å². The van der Waals surface area contributed by atoms with Crippen LogP contribution in [0, 0.1) is 10.1 Å². The third-order valence-corrected chi connectivity index (χ3v) is 4.12. The molecule has 1 N–H and O–H groups in total. The number of amides is 1. The van der Waals surface area contributed by atoms with Crippen molar-refractivity contribution >= 4 is 29.0 Å². The van der Waals surface area contributed by atoms with Crippen LogP contribution >= 0.6 is 11.8 Å². The number of nitro benzene ring substituents is 1. The van der Waals surface area contributed by atoms with E-state index < -0.39 is 4.92 Å². The molecule has 0 aromatic heterocycles. The van der Waals surface area contributed by atoms with Crippen LogP contribution in [0.5, 0.6) is 5.75 Å². The van der Waals surface area contributed by atoms with E-state index in [4.69, 9.17) is 4.74 Å². The van der Waals surface area contributed by atoms with Gasteiger partial charge in [-0.15, -0.1) is 11.8 Å². The maximum Gasteiger partial charge on any atom is 0.292 e. The van der Waals surface area contributed by atoms with Crippen LogP contribution in [0.4, 0.5) is 11.4 Å². The SMILES string of the molecule is CCOc1ccc(SCCC(=O)Nc2ccccc2[N+](=O)[O-])cc1. The van der Waals surface area contributed by atoms with Crippen molar-refractivity contribution < 1.29 is 14.5 Å². The average Bonchev–Trinajstić information content (AvgIpc) is 2.57. The standard InChI is InChI=1S/C17H18N2O4S/c1-2-23-13-7-9-14(10-8-13)24-12-11-17(20)18-15-5-3-4-6-16(15)19(21)22/h3-10H,2,11-12H2,1H3,(H,18,20). The Hall–Kier alpha value is -2.54. The van der Waals surface area contributed by atoms with Gasteiger partial charge in [0.2, 0.25) is 5.91 Å². The normalized spacial score (nSPS) is 10.2. The number of nitrogens with one attached hydrogen (secondary N) is 1. The van der Waals surface area contributed by atoms with E-state index in [0.29, 0.717) is 12.4 Å². The number of para-hydroxylation sites is 2. The van der Waals surface area contributed by atoms with E-state index in [-0.39, 0.29) is 23.7 Å². The molecule has 2 aromatic rings. The molecular weight excluding hydrogens is 328 g/mol. The molecule has 1 amide bonds. The molecule has 0 fully saturated rings. The molecule has 7 heteroatoms. The summed E-state index contributed by atoms with van der Waals surface area (Å²) in [4.78, 5) is 23.4. The lowest BCUT2D eigenvalue weighted by Crippen LogP contribution is -2.13. The molecular formula is C17H18N2O4S. The Labute approximate surface area is 144 Å². The minimum absolute atomic E-state index is 0.106. The first-order chi connectivity index (χ1) is 11.6. The van der Waals surface area contributed by atoms with Gasteiger partial charge in [-0.2, -0.15) is 0 Å². The number of nitro groups is 1. The summed E-state index contributed by atoms with van der Waals surface area (Å²) in [6.45, 7) is 2.55. The van der Waals surface area contributed by atoms with Crippen molar-refractivity contribution in [2.24, 2.45) is 0 Å². The first-order valence-corrected chi connectivity index (χ1v) is 8.47. The molecule has 0 aliphatic rings. The fourth-order valence-electron chi connectivity index (χ4n) is 2.01. The number of rotatable bonds is 8. The predicted molar refractivity (Wildman–Crippen MR) is 94.7 cm³/mol. The van der Waals surface area contributed by atoms with Crippen LogP contribution in [-0.4, -0.2) is 23.2 Å². The number of hydrogen-bond donors (Lipinski definition) is 1. The van der Waals surface area contributed by atoms with Gasteiger partial charge in [0.1, 0.15) is 11.4 Å². The molecule has 6 nitrogen and oxygen atoms in total. The molecule has 0 radical (unpaired) electrons. The highest BCUT2D eigenvalue weighted by Crippen LogP contribution is 2.25. The lowest BCUT2D eigenvalue weighted by Gasteiger charge is -2.06. The Kier molecular flexibility index (Phi) is 6.62. The van der Waals surface area contributed by atoms with Crippen LogP contribution in [0.2, 0.25) is 0 Å². The van der Waals surface area contributed by atoms with Gasteiger partial charge in [-0.05, 0) is 37.3 Å². The number of ether oxygens (including phenoxy) is 1. The monoisotopic (exact) mass is 346 g/mol. The zero-order chi connectivity index (χ0) is 17.4. The molecule has 0 unspecified atom stereocenters. The summed E-state index contributed by atoms with van der Waals surface area (Å²) < 4.78 is 5.37. The highest BCUT2D eigenvalue weighted by Gasteiger charge is 2.14. The molecule has 0 saturated carbocycles. The second-order valence-corrected chi connectivity index (χ2v) is 5.99. The van der Waals surface area contributed by atoms with Crippen LogP contribution in [0.25, 0.3) is 0 Å². The number of carbonyl (C=O) groups is 1. The minimum atomic E-state index is -0.510.